The van der Waals surface area contributed by atoms with Crippen molar-refractivity contribution in [2.45, 2.75) is 19.5 Å². The molecule has 3 aromatic rings. The molecule has 0 saturated carbocycles. The Bertz CT molecular complexity index is 1030. The molecule has 0 bridgehead atoms. The number of aromatic nitrogens is 1. The predicted molar refractivity (Wildman–Crippen MR) is 94.8 cm³/mol. The largest absolute Gasteiger partial charge is 0.296 e. The smallest absolute Gasteiger partial charge is 0.293 e. The zero-order valence-corrected chi connectivity index (χ0v) is 13.6. The van der Waals surface area contributed by atoms with E-state index in [9.17, 15) is 4.79 Å². The van der Waals surface area contributed by atoms with Gasteiger partial charge in [0.25, 0.3) is 5.91 Å². The summed E-state index contributed by atoms with van der Waals surface area (Å²) < 4.78 is 0. The van der Waals surface area contributed by atoms with Crippen molar-refractivity contribution in [3.63, 3.8) is 0 Å². The van der Waals surface area contributed by atoms with Crippen LogP contribution in [-0.4, -0.2) is 22.3 Å². The molecule has 0 unspecified atom stereocenters. The summed E-state index contributed by atoms with van der Waals surface area (Å²) in [6.45, 7) is 2.66. The number of hydrogen-bond donors (Lipinski definition) is 0. The highest BCUT2D eigenvalue weighted by molar-refractivity contribution is 6.12. The lowest BCUT2D eigenvalue weighted by molar-refractivity contribution is 0.0995. The molecule has 1 amide bonds. The van der Waals surface area contributed by atoms with E-state index in [1.807, 2.05) is 24.3 Å². The summed E-state index contributed by atoms with van der Waals surface area (Å²) in [4.78, 5) is 19.2. The molecule has 0 N–H and O–H groups in total. The summed E-state index contributed by atoms with van der Waals surface area (Å²) in [5.41, 5.74) is 5.79. The second-order valence-electron chi connectivity index (χ2n) is 6.54. The Morgan fingerprint density at radius 1 is 1.00 bits per heavy atom. The highest BCUT2D eigenvalue weighted by Gasteiger charge is 2.27. The van der Waals surface area contributed by atoms with Crippen LogP contribution in [0.15, 0.2) is 58.8 Å². The summed E-state index contributed by atoms with van der Waals surface area (Å²) in [7, 11) is 0. The SMILES string of the molecule is O=C1N=Nc2c3c(nc4cccc1c24)CN(Cc1ccccc1)CC3. The second kappa shape index (κ2) is 5.57. The molecule has 5 heteroatoms. The third kappa shape index (κ3) is 2.36. The number of hydrogen-bond acceptors (Lipinski definition) is 4. The van der Waals surface area contributed by atoms with Crippen molar-refractivity contribution in [1.82, 2.24) is 9.88 Å². The molecule has 2 aromatic carbocycles. The lowest BCUT2D eigenvalue weighted by Crippen LogP contribution is -2.31. The average Bonchev–Trinajstić information content (AvgIpc) is 2.65. The molecule has 0 spiro atoms. The van der Waals surface area contributed by atoms with Crippen LogP contribution < -0.4 is 0 Å². The Morgan fingerprint density at radius 2 is 1.88 bits per heavy atom. The number of amides is 1. The van der Waals surface area contributed by atoms with Gasteiger partial charge in [0.1, 0.15) is 5.69 Å². The fraction of sp³-hybridized carbons (Fsp3) is 0.200. The van der Waals surface area contributed by atoms with Crippen molar-refractivity contribution in [3.05, 3.63) is 70.9 Å². The molecule has 0 saturated heterocycles. The third-order valence-corrected chi connectivity index (χ3v) is 4.94. The van der Waals surface area contributed by atoms with Gasteiger partial charge < -0.3 is 0 Å². The molecule has 2 aliphatic heterocycles. The van der Waals surface area contributed by atoms with E-state index in [0.29, 0.717) is 5.56 Å². The molecule has 2 aliphatic rings. The van der Waals surface area contributed by atoms with Gasteiger partial charge in [-0.05, 0) is 24.1 Å². The first kappa shape index (κ1) is 14.4. The van der Waals surface area contributed by atoms with E-state index < -0.39 is 0 Å². The van der Waals surface area contributed by atoms with Gasteiger partial charge in [0.15, 0.2) is 0 Å². The zero-order valence-electron chi connectivity index (χ0n) is 13.6. The first-order valence-electron chi connectivity index (χ1n) is 8.46. The van der Waals surface area contributed by atoms with Gasteiger partial charge in [0.2, 0.25) is 0 Å². The molecule has 25 heavy (non-hydrogen) atoms. The van der Waals surface area contributed by atoms with Crippen molar-refractivity contribution in [2.75, 3.05) is 6.54 Å². The van der Waals surface area contributed by atoms with Crippen LogP contribution in [-0.2, 0) is 19.5 Å². The molecular formula is C20H16N4O. The van der Waals surface area contributed by atoms with Crippen LogP contribution in [0.3, 0.4) is 0 Å². The lowest BCUT2D eigenvalue weighted by Gasteiger charge is -2.29. The fourth-order valence-electron chi connectivity index (χ4n) is 3.75. The molecule has 1 aromatic heterocycles. The highest BCUT2D eigenvalue weighted by Crippen LogP contribution is 2.39. The number of carbonyl (C=O) groups is 1. The molecule has 122 valence electrons. The summed E-state index contributed by atoms with van der Waals surface area (Å²) >= 11 is 0. The van der Waals surface area contributed by atoms with Gasteiger partial charge in [-0.25, -0.2) is 0 Å². The van der Waals surface area contributed by atoms with Gasteiger partial charge in [-0.3, -0.25) is 14.7 Å². The molecule has 5 nitrogen and oxygen atoms in total. The van der Waals surface area contributed by atoms with Crippen molar-refractivity contribution in [1.29, 1.82) is 0 Å². The van der Waals surface area contributed by atoms with Gasteiger partial charge in [-0.1, -0.05) is 36.4 Å². The normalized spacial score (nSPS) is 16.2. The number of fused-ring (bicyclic) bond motifs is 2. The number of carbonyl (C=O) groups excluding carboxylic acids is 1. The minimum atomic E-state index is -0.277. The van der Waals surface area contributed by atoms with E-state index in [1.165, 1.54) is 5.56 Å². The van der Waals surface area contributed by atoms with Crippen molar-refractivity contribution in [3.8, 4) is 0 Å². The molecule has 5 rings (SSSR count). The van der Waals surface area contributed by atoms with E-state index in [-0.39, 0.29) is 5.91 Å². The summed E-state index contributed by atoms with van der Waals surface area (Å²) in [5, 5.41) is 8.93. The first-order chi connectivity index (χ1) is 12.3. The number of rotatable bonds is 2. The minimum absolute atomic E-state index is 0.277. The minimum Gasteiger partial charge on any atom is -0.293 e. The number of nitrogens with zero attached hydrogens (tertiary/aromatic N) is 4. The summed E-state index contributed by atoms with van der Waals surface area (Å²) in [6, 6.07) is 16.1. The quantitative estimate of drug-likeness (QED) is 0.713. The van der Waals surface area contributed by atoms with Crippen LogP contribution in [0.1, 0.15) is 27.2 Å². The van der Waals surface area contributed by atoms with Crippen LogP contribution in [0.25, 0.3) is 10.9 Å². The Hall–Kier alpha value is -2.92. The van der Waals surface area contributed by atoms with Crippen molar-refractivity contribution >= 4 is 22.5 Å². The average molecular weight is 328 g/mol. The van der Waals surface area contributed by atoms with Gasteiger partial charge in [-0.15, -0.1) is 10.2 Å². The topological polar surface area (TPSA) is 57.9 Å². The highest BCUT2D eigenvalue weighted by atomic mass is 16.1. The summed E-state index contributed by atoms with van der Waals surface area (Å²) in [5.74, 6) is -0.277. The lowest BCUT2D eigenvalue weighted by atomic mass is 9.96. The van der Waals surface area contributed by atoms with Crippen molar-refractivity contribution in [2.24, 2.45) is 10.2 Å². The van der Waals surface area contributed by atoms with Gasteiger partial charge in [0.05, 0.1) is 16.8 Å². The number of azo groups is 1. The molecule has 0 radical (unpaired) electrons. The van der Waals surface area contributed by atoms with Crippen molar-refractivity contribution < 1.29 is 4.79 Å². The maximum absolute atomic E-state index is 12.0. The Labute approximate surface area is 145 Å². The monoisotopic (exact) mass is 328 g/mol. The fourth-order valence-corrected chi connectivity index (χ4v) is 3.75. The Morgan fingerprint density at radius 3 is 2.76 bits per heavy atom. The number of pyridine rings is 1. The number of benzene rings is 2. The van der Waals surface area contributed by atoms with Crippen LogP contribution in [0.2, 0.25) is 0 Å². The predicted octanol–water partition coefficient (Wildman–Crippen LogP) is 4.03. The molecule has 0 atom stereocenters. The first-order valence-corrected chi connectivity index (χ1v) is 8.46. The van der Waals surface area contributed by atoms with E-state index in [2.05, 4.69) is 39.4 Å². The molecule has 0 aliphatic carbocycles. The summed E-state index contributed by atoms with van der Waals surface area (Å²) in [6.07, 6.45) is 0.877. The Balaban J connectivity index is 1.56. The maximum Gasteiger partial charge on any atom is 0.296 e. The van der Waals surface area contributed by atoms with E-state index in [1.54, 1.807) is 0 Å². The Kier molecular flexibility index (Phi) is 3.21. The molecular weight excluding hydrogens is 312 g/mol. The molecule has 3 heterocycles. The third-order valence-electron chi connectivity index (χ3n) is 4.94. The van der Waals surface area contributed by atoms with Gasteiger partial charge in [-0.2, -0.15) is 0 Å². The van der Waals surface area contributed by atoms with E-state index >= 15 is 0 Å². The van der Waals surface area contributed by atoms with Crippen LogP contribution in [0.4, 0.5) is 5.69 Å². The van der Waals surface area contributed by atoms with Crippen LogP contribution in [0.5, 0.6) is 0 Å². The zero-order chi connectivity index (χ0) is 16.8. The van der Waals surface area contributed by atoms with Crippen LogP contribution >= 0.6 is 0 Å². The standard InChI is InChI=1S/C20H16N4O/c25-20-15-7-4-8-16-18(15)19(22-23-20)14-9-10-24(12-17(14)21-16)11-13-5-2-1-3-6-13/h1-8H,9-12H2. The van der Waals surface area contributed by atoms with Gasteiger partial charge in [0, 0.05) is 30.6 Å². The second-order valence-corrected chi connectivity index (χ2v) is 6.54. The van der Waals surface area contributed by atoms with Crippen LogP contribution in [0, 0.1) is 0 Å². The van der Waals surface area contributed by atoms with E-state index in [0.717, 1.165) is 53.9 Å². The molecule has 0 fully saturated rings. The maximum atomic E-state index is 12.0. The van der Waals surface area contributed by atoms with E-state index in [4.69, 9.17) is 4.98 Å². The van der Waals surface area contributed by atoms with Gasteiger partial charge >= 0.3 is 0 Å².